The summed E-state index contributed by atoms with van der Waals surface area (Å²) in [4.78, 5) is 29.5. The number of benzene rings is 1. The largest absolute Gasteiger partial charge is 0.495 e. The van der Waals surface area contributed by atoms with Gasteiger partial charge in [-0.25, -0.2) is 9.78 Å². The van der Waals surface area contributed by atoms with Gasteiger partial charge in [-0.05, 0) is 37.1 Å². The number of aromatic amines is 1. The number of aryl methyl sites for hydroxylation is 2. The quantitative estimate of drug-likeness (QED) is 0.651. The van der Waals surface area contributed by atoms with Gasteiger partial charge >= 0.3 is 5.69 Å². The van der Waals surface area contributed by atoms with Crippen molar-refractivity contribution < 1.29 is 9.53 Å². The standard InChI is InChI=1S/C15H17N3O3S/c1-9-4-5-12(21-3)11(6-9)17-13(19)8-22-14-10(2)7-16-15(20)18-14/h4-7H,8H2,1-3H3,(H,17,19)(H,16,18,20). The maximum Gasteiger partial charge on any atom is 0.345 e. The summed E-state index contributed by atoms with van der Waals surface area (Å²) >= 11 is 1.26. The molecule has 0 saturated carbocycles. The predicted molar refractivity (Wildman–Crippen MR) is 86.7 cm³/mol. The van der Waals surface area contributed by atoms with Crippen LogP contribution < -0.4 is 15.7 Å². The summed E-state index contributed by atoms with van der Waals surface area (Å²) in [5.41, 5.74) is 2.06. The van der Waals surface area contributed by atoms with Gasteiger partial charge in [0.2, 0.25) is 5.91 Å². The molecule has 2 N–H and O–H groups in total. The Morgan fingerprint density at radius 3 is 2.91 bits per heavy atom. The van der Waals surface area contributed by atoms with Gasteiger partial charge in [0, 0.05) is 6.20 Å². The van der Waals surface area contributed by atoms with Crippen LogP contribution in [0.15, 0.2) is 34.2 Å². The van der Waals surface area contributed by atoms with E-state index in [1.165, 1.54) is 18.0 Å². The van der Waals surface area contributed by atoms with Crippen LogP contribution in [0.2, 0.25) is 0 Å². The number of rotatable bonds is 5. The minimum Gasteiger partial charge on any atom is -0.495 e. The normalized spacial score (nSPS) is 10.3. The van der Waals surface area contributed by atoms with Gasteiger partial charge in [0.15, 0.2) is 0 Å². The molecule has 0 spiro atoms. The molecule has 0 aliphatic carbocycles. The van der Waals surface area contributed by atoms with Gasteiger partial charge in [0.1, 0.15) is 5.75 Å². The fourth-order valence-electron chi connectivity index (χ4n) is 1.84. The summed E-state index contributed by atoms with van der Waals surface area (Å²) in [7, 11) is 1.56. The number of aromatic nitrogens is 2. The van der Waals surface area contributed by atoms with E-state index in [0.717, 1.165) is 11.1 Å². The monoisotopic (exact) mass is 319 g/mol. The maximum absolute atomic E-state index is 12.1. The molecule has 116 valence electrons. The lowest BCUT2D eigenvalue weighted by Crippen LogP contribution is -2.16. The second kappa shape index (κ2) is 7.13. The van der Waals surface area contributed by atoms with E-state index < -0.39 is 5.69 Å². The van der Waals surface area contributed by atoms with E-state index in [1.807, 2.05) is 32.0 Å². The summed E-state index contributed by atoms with van der Waals surface area (Å²) in [5.74, 6) is 0.612. The molecule has 0 aliphatic heterocycles. The number of nitrogens with zero attached hydrogens (tertiary/aromatic N) is 1. The molecule has 0 radical (unpaired) electrons. The lowest BCUT2D eigenvalue weighted by Gasteiger charge is -2.11. The van der Waals surface area contributed by atoms with Crippen molar-refractivity contribution in [1.29, 1.82) is 0 Å². The average molecular weight is 319 g/mol. The van der Waals surface area contributed by atoms with E-state index in [4.69, 9.17) is 4.74 Å². The molecule has 22 heavy (non-hydrogen) atoms. The van der Waals surface area contributed by atoms with Crippen molar-refractivity contribution in [2.24, 2.45) is 0 Å². The zero-order chi connectivity index (χ0) is 16.1. The van der Waals surface area contributed by atoms with Crippen LogP contribution in [0.1, 0.15) is 11.1 Å². The number of methoxy groups -OCH3 is 1. The maximum atomic E-state index is 12.1. The number of carbonyl (C=O) groups excluding carboxylic acids is 1. The highest BCUT2D eigenvalue weighted by molar-refractivity contribution is 8.00. The van der Waals surface area contributed by atoms with Crippen LogP contribution in [0, 0.1) is 13.8 Å². The van der Waals surface area contributed by atoms with E-state index in [2.05, 4.69) is 15.3 Å². The highest BCUT2D eigenvalue weighted by Gasteiger charge is 2.10. The molecule has 1 amide bonds. The SMILES string of the molecule is COc1ccc(C)cc1NC(=O)CSc1[nH]c(=O)ncc1C. The van der Waals surface area contributed by atoms with Crippen LogP contribution in [-0.4, -0.2) is 28.7 Å². The Balaban J connectivity index is 2.03. The van der Waals surface area contributed by atoms with Crippen LogP contribution in [0.4, 0.5) is 5.69 Å². The van der Waals surface area contributed by atoms with Crippen molar-refractivity contribution in [1.82, 2.24) is 9.97 Å². The summed E-state index contributed by atoms with van der Waals surface area (Å²) in [6.45, 7) is 3.77. The molecule has 0 fully saturated rings. The third kappa shape index (κ3) is 4.11. The first kappa shape index (κ1) is 16.1. The second-order valence-corrected chi connectivity index (χ2v) is 5.73. The molecular formula is C15H17N3O3S. The van der Waals surface area contributed by atoms with Gasteiger partial charge < -0.3 is 15.0 Å². The smallest absolute Gasteiger partial charge is 0.345 e. The molecule has 6 nitrogen and oxygen atoms in total. The highest BCUT2D eigenvalue weighted by atomic mass is 32.2. The Morgan fingerprint density at radius 2 is 2.18 bits per heavy atom. The molecule has 2 aromatic rings. The molecule has 1 aromatic carbocycles. The van der Waals surface area contributed by atoms with Crippen molar-refractivity contribution >= 4 is 23.4 Å². The Morgan fingerprint density at radius 1 is 1.41 bits per heavy atom. The van der Waals surface area contributed by atoms with E-state index in [1.54, 1.807) is 7.11 Å². The van der Waals surface area contributed by atoms with Crippen LogP contribution in [0.3, 0.4) is 0 Å². The molecule has 0 bridgehead atoms. The van der Waals surface area contributed by atoms with Crippen molar-refractivity contribution in [2.45, 2.75) is 18.9 Å². The van der Waals surface area contributed by atoms with Crippen molar-refractivity contribution in [3.63, 3.8) is 0 Å². The number of amides is 1. The Kier molecular flexibility index (Phi) is 5.21. The fraction of sp³-hybridized carbons (Fsp3) is 0.267. The van der Waals surface area contributed by atoms with E-state index >= 15 is 0 Å². The summed E-state index contributed by atoms with van der Waals surface area (Å²) in [5, 5.41) is 3.46. The van der Waals surface area contributed by atoms with Crippen molar-refractivity contribution in [3.05, 3.63) is 46.0 Å². The molecular weight excluding hydrogens is 302 g/mol. The lowest BCUT2D eigenvalue weighted by molar-refractivity contribution is -0.113. The van der Waals surface area contributed by atoms with Crippen LogP contribution in [-0.2, 0) is 4.79 Å². The molecule has 7 heteroatoms. The number of nitrogens with one attached hydrogen (secondary N) is 2. The third-order valence-corrected chi connectivity index (χ3v) is 4.05. The Hall–Kier alpha value is -2.28. The van der Waals surface area contributed by atoms with Gasteiger partial charge in [0.25, 0.3) is 0 Å². The molecule has 0 unspecified atom stereocenters. The van der Waals surface area contributed by atoms with Crippen LogP contribution >= 0.6 is 11.8 Å². The number of anilines is 1. The van der Waals surface area contributed by atoms with Crippen LogP contribution in [0.5, 0.6) is 5.75 Å². The van der Waals surface area contributed by atoms with Gasteiger partial charge in [-0.2, -0.15) is 0 Å². The van der Waals surface area contributed by atoms with Crippen molar-refractivity contribution in [3.8, 4) is 5.75 Å². The predicted octanol–water partition coefficient (Wildman–Crippen LogP) is 2.13. The fourth-order valence-corrected chi connectivity index (χ4v) is 2.62. The summed E-state index contributed by atoms with van der Waals surface area (Å²) < 4.78 is 5.22. The number of H-pyrrole nitrogens is 1. The van der Waals surface area contributed by atoms with Gasteiger partial charge in [-0.1, -0.05) is 17.8 Å². The minimum atomic E-state index is -0.422. The zero-order valence-electron chi connectivity index (χ0n) is 12.6. The summed E-state index contributed by atoms with van der Waals surface area (Å²) in [6, 6.07) is 5.57. The molecule has 1 heterocycles. The average Bonchev–Trinajstić information content (AvgIpc) is 2.48. The van der Waals surface area contributed by atoms with Crippen LogP contribution in [0.25, 0.3) is 0 Å². The molecule has 0 aliphatic rings. The molecule has 1 aromatic heterocycles. The van der Waals surface area contributed by atoms with E-state index in [9.17, 15) is 9.59 Å². The number of ether oxygens (including phenoxy) is 1. The number of thioether (sulfide) groups is 1. The number of carbonyl (C=O) groups is 1. The van der Waals surface area contributed by atoms with Gasteiger partial charge in [-0.15, -0.1) is 0 Å². The van der Waals surface area contributed by atoms with Crippen molar-refractivity contribution in [2.75, 3.05) is 18.2 Å². The first-order valence-corrected chi connectivity index (χ1v) is 7.61. The zero-order valence-corrected chi connectivity index (χ0v) is 13.4. The second-order valence-electron chi connectivity index (χ2n) is 4.74. The van der Waals surface area contributed by atoms with Gasteiger partial charge in [-0.3, -0.25) is 4.79 Å². The lowest BCUT2D eigenvalue weighted by atomic mass is 10.2. The molecule has 0 atom stereocenters. The third-order valence-electron chi connectivity index (χ3n) is 2.93. The number of hydrogen-bond donors (Lipinski definition) is 2. The van der Waals surface area contributed by atoms with E-state index in [0.29, 0.717) is 16.5 Å². The number of hydrogen-bond acceptors (Lipinski definition) is 5. The minimum absolute atomic E-state index is 0.175. The Bertz CT molecular complexity index is 743. The van der Waals surface area contributed by atoms with Gasteiger partial charge in [0.05, 0.1) is 23.6 Å². The van der Waals surface area contributed by atoms with E-state index in [-0.39, 0.29) is 11.7 Å². The molecule has 0 saturated heterocycles. The highest BCUT2D eigenvalue weighted by Crippen LogP contribution is 2.26. The summed E-state index contributed by atoms with van der Waals surface area (Å²) in [6.07, 6.45) is 1.49. The Labute approximate surface area is 132 Å². The molecule has 2 rings (SSSR count). The first-order valence-electron chi connectivity index (χ1n) is 6.63. The first-order chi connectivity index (χ1) is 10.5. The topological polar surface area (TPSA) is 84.1 Å².